The molecule has 2 heterocycles. The van der Waals surface area contributed by atoms with E-state index in [0.717, 1.165) is 24.5 Å². The average molecular weight is 383 g/mol. The number of ether oxygens (including phenoxy) is 1. The van der Waals surface area contributed by atoms with Crippen molar-refractivity contribution in [1.82, 2.24) is 9.97 Å². The van der Waals surface area contributed by atoms with Gasteiger partial charge >= 0.3 is 0 Å². The van der Waals surface area contributed by atoms with Crippen molar-refractivity contribution in [3.05, 3.63) is 66.4 Å². The minimum absolute atomic E-state index is 0.0952. The van der Waals surface area contributed by atoms with Crippen molar-refractivity contribution in [2.24, 2.45) is 0 Å². The van der Waals surface area contributed by atoms with E-state index in [1.165, 1.54) is 24.4 Å². The van der Waals surface area contributed by atoms with Crippen LogP contribution in [-0.2, 0) is 4.74 Å². The van der Waals surface area contributed by atoms with Crippen LogP contribution < -0.4 is 15.5 Å². The van der Waals surface area contributed by atoms with Gasteiger partial charge in [0, 0.05) is 19.3 Å². The zero-order valence-electron chi connectivity index (χ0n) is 15.0. The highest BCUT2D eigenvalue weighted by atomic mass is 19.1. The van der Waals surface area contributed by atoms with E-state index in [2.05, 4.69) is 25.5 Å². The smallest absolute Gasteiger partial charge is 0.229 e. The van der Waals surface area contributed by atoms with Crippen LogP contribution in [0.15, 0.2) is 54.7 Å². The largest absolute Gasteiger partial charge is 0.378 e. The predicted molar refractivity (Wildman–Crippen MR) is 104 cm³/mol. The Morgan fingerprint density at radius 2 is 1.64 bits per heavy atom. The minimum atomic E-state index is -0.709. The lowest BCUT2D eigenvalue weighted by Gasteiger charge is -2.30. The van der Waals surface area contributed by atoms with Crippen LogP contribution in [0.2, 0.25) is 0 Å². The van der Waals surface area contributed by atoms with Gasteiger partial charge in [0.1, 0.15) is 23.1 Å². The van der Waals surface area contributed by atoms with Crippen molar-refractivity contribution >= 4 is 28.8 Å². The highest BCUT2D eigenvalue weighted by Crippen LogP contribution is 2.29. The number of anilines is 5. The number of nitrogens with one attached hydrogen (secondary N) is 2. The molecule has 1 fully saturated rings. The fourth-order valence-electron chi connectivity index (χ4n) is 3.01. The molecule has 0 saturated carbocycles. The summed E-state index contributed by atoms with van der Waals surface area (Å²) in [6.45, 7) is 2.98. The molecule has 8 heteroatoms. The Balaban J connectivity index is 1.56. The van der Waals surface area contributed by atoms with E-state index in [1.807, 2.05) is 24.3 Å². The zero-order valence-corrected chi connectivity index (χ0v) is 15.0. The van der Waals surface area contributed by atoms with Crippen LogP contribution in [0.5, 0.6) is 0 Å². The van der Waals surface area contributed by atoms with Crippen molar-refractivity contribution in [3.63, 3.8) is 0 Å². The van der Waals surface area contributed by atoms with Gasteiger partial charge in [0.25, 0.3) is 0 Å². The molecule has 1 aliphatic heterocycles. The van der Waals surface area contributed by atoms with Crippen molar-refractivity contribution in [2.75, 3.05) is 41.8 Å². The van der Waals surface area contributed by atoms with E-state index in [0.29, 0.717) is 19.0 Å². The van der Waals surface area contributed by atoms with E-state index < -0.39 is 11.6 Å². The van der Waals surface area contributed by atoms with Gasteiger partial charge in [-0.05, 0) is 30.3 Å². The lowest BCUT2D eigenvalue weighted by atomic mass is 10.2. The summed E-state index contributed by atoms with van der Waals surface area (Å²) >= 11 is 0. The number of nitrogens with zero attached hydrogens (tertiary/aromatic N) is 3. The summed E-state index contributed by atoms with van der Waals surface area (Å²) < 4.78 is 33.1. The van der Waals surface area contributed by atoms with Gasteiger partial charge in [0.05, 0.1) is 24.6 Å². The van der Waals surface area contributed by atoms with E-state index in [1.54, 1.807) is 6.07 Å². The summed E-state index contributed by atoms with van der Waals surface area (Å²) in [6.07, 6.45) is 1.52. The van der Waals surface area contributed by atoms with Crippen LogP contribution in [-0.4, -0.2) is 36.3 Å². The summed E-state index contributed by atoms with van der Waals surface area (Å²) in [7, 11) is 0. The maximum absolute atomic E-state index is 13.9. The molecule has 28 heavy (non-hydrogen) atoms. The minimum Gasteiger partial charge on any atom is -0.378 e. The fraction of sp³-hybridized carbons (Fsp3) is 0.200. The number of halogens is 2. The van der Waals surface area contributed by atoms with Gasteiger partial charge < -0.3 is 20.3 Å². The fourth-order valence-corrected chi connectivity index (χ4v) is 3.01. The maximum atomic E-state index is 13.9. The first-order valence-corrected chi connectivity index (χ1v) is 8.93. The molecule has 0 amide bonds. The molecule has 0 spiro atoms. The third-order valence-electron chi connectivity index (χ3n) is 4.37. The van der Waals surface area contributed by atoms with Crippen molar-refractivity contribution in [1.29, 1.82) is 0 Å². The highest BCUT2D eigenvalue weighted by Gasteiger charge is 2.15. The maximum Gasteiger partial charge on any atom is 0.229 e. The second kappa shape index (κ2) is 8.18. The Kier molecular flexibility index (Phi) is 5.29. The van der Waals surface area contributed by atoms with E-state index in [-0.39, 0.29) is 11.6 Å². The van der Waals surface area contributed by atoms with Gasteiger partial charge in [0.2, 0.25) is 5.95 Å². The van der Waals surface area contributed by atoms with Gasteiger partial charge in [-0.3, -0.25) is 0 Å². The first-order valence-electron chi connectivity index (χ1n) is 8.93. The van der Waals surface area contributed by atoms with Crippen LogP contribution in [0.1, 0.15) is 0 Å². The van der Waals surface area contributed by atoms with Crippen LogP contribution >= 0.6 is 0 Å². The first kappa shape index (κ1) is 18.1. The van der Waals surface area contributed by atoms with Gasteiger partial charge in [0.15, 0.2) is 0 Å². The van der Waals surface area contributed by atoms with Gasteiger partial charge in [-0.15, -0.1) is 0 Å². The second-order valence-electron chi connectivity index (χ2n) is 6.23. The molecule has 4 rings (SSSR count). The van der Waals surface area contributed by atoms with Crippen LogP contribution in [0, 0.1) is 11.6 Å². The number of rotatable bonds is 5. The van der Waals surface area contributed by atoms with Crippen LogP contribution in [0.4, 0.5) is 37.6 Å². The topological polar surface area (TPSA) is 62.3 Å². The highest BCUT2D eigenvalue weighted by molar-refractivity contribution is 5.74. The molecule has 2 aromatic carbocycles. The molecule has 3 aromatic rings. The summed E-state index contributed by atoms with van der Waals surface area (Å²) in [5.41, 5.74) is 1.64. The Morgan fingerprint density at radius 1 is 0.893 bits per heavy atom. The summed E-state index contributed by atoms with van der Waals surface area (Å²) in [4.78, 5) is 10.6. The third kappa shape index (κ3) is 4.01. The Morgan fingerprint density at radius 3 is 2.43 bits per heavy atom. The van der Waals surface area contributed by atoms with Crippen molar-refractivity contribution in [2.45, 2.75) is 0 Å². The van der Waals surface area contributed by atoms with E-state index in [9.17, 15) is 8.78 Å². The standard InChI is InChI=1S/C20H19F2N5O/c21-14-4-3-5-15(22)19(14)26-20-23-9-8-18(25-20)24-16-6-1-2-7-17(16)27-10-12-28-13-11-27/h1-9H,10-13H2,(H2,23,24,25,26). The molecule has 0 unspecified atom stereocenters. The predicted octanol–water partition coefficient (Wildman–Crippen LogP) is 4.08. The lowest BCUT2D eigenvalue weighted by Crippen LogP contribution is -2.36. The van der Waals surface area contributed by atoms with Crippen LogP contribution in [0.3, 0.4) is 0 Å². The summed E-state index contributed by atoms with van der Waals surface area (Å²) in [5.74, 6) is -0.813. The average Bonchev–Trinajstić information content (AvgIpc) is 2.72. The molecule has 0 radical (unpaired) electrons. The molecule has 144 valence electrons. The molecule has 1 saturated heterocycles. The number of para-hydroxylation sites is 3. The molecule has 1 aliphatic rings. The number of aromatic nitrogens is 2. The van der Waals surface area contributed by atoms with Gasteiger partial charge in [-0.25, -0.2) is 13.8 Å². The monoisotopic (exact) mass is 383 g/mol. The van der Waals surface area contributed by atoms with Crippen molar-refractivity contribution in [3.8, 4) is 0 Å². The Bertz CT molecular complexity index is 943. The van der Waals surface area contributed by atoms with Crippen LogP contribution in [0.25, 0.3) is 0 Å². The first-order chi connectivity index (χ1) is 13.7. The Labute approximate surface area is 161 Å². The Hall–Kier alpha value is -3.26. The third-order valence-corrected chi connectivity index (χ3v) is 4.37. The summed E-state index contributed by atoms with van der Waals surface area (Å²) in [6, 6.07) is 13.2. The lowest BCUT2D eigenvalue weighted by molar-refractivity contribution is 0.123. The van der Waals surface area contributed by atoms with E-state index in [4.69, 9.17) is 4.74 Å². The molecule has 6 nitrogen and oxygen atoms in total. The quantitative estimate of drug-likeness (QED) is 0.692. The number of hydrogen-bond donors (Lipinski definition) is 2. The SMILES string of the molecule is Fc1cccc(F)c1Nc1nccc(Nc2ccccc2N2CCOCC2)n1. The van der Waals surface area contributed by atoms with Crippen molar-refractivity contribution < 1.29 is 13.5 Å². The molecule has 1 aromatic heterocycles. The molecule has 2 N–H and O–H groups in total. The number of hydrogen-bond acceptors (Lipinski definition) is 6. The molecule has 0 bridgehead atoms. The van der Waals surface area contributed by atoms with Gasteiger partial charge in [-0.2, -0.15) is 4.98 Å². The molecule has 0 aliphatic carbocycles. The number of morpholine rings is 1. The summed E-state index contributed by atoms with van der Waals surface area (Å²) in [5, 5.41) is 5.87. The normalized spacial score (nSPS) is 14.0. The van der Waals surface area contributed by atoms with Gasteiger partial charge in [-0.1, -0.05) is 18.2 Å². The number of benzene rings is 2. The molecular weight excluding hydrogens is 364 g/mol. The molecule has 0 atom stereocenters. The zero-order chi connectivity index (χ0) is 19.3. The van der Waals surface area contributed by atoms with E-state index >= 15 is 0 Å². The second-order valence-corrected chi connectivity index (χ2v) is 6.23. The molecular formula is C20H19F2N5O.